The molecule has 28 heavy (non-hydrogen) atoms. The van der Waals surface area contributed by atoms with Crippen molar-refractivity contribution in [3.63, 3.8) is 0 Å². The van der Waals surface area contributed by atoms with Gasteiger partial charge in [-0.05, 0) is 25.7 Å². The van der Waals surface area contributed by atoms with Crippen molar-refractivity contribution in [2.24, 2.45) is 0 Å². The second-order valence-electron chi connectivity index (χ2n) is 6.39. The molecule has 0 radical (unpaired) electrons. The number of unbranched alkanes of at least 4 members (excludes halogenated alkanes) is 3. The fourth-order valence-corrected chi connectivity index (χ4v) is 2.09. The lowest BCUT2D eigenvalue weighted by atomic mass is 10.2. The summed E-state index contributed by atoms with van der Waals surface area (Å²) in [5.41, 5.74) is 0. The fraction of sp³-hybridized carbons (Fsp3) is 0.900. The van der Waals surface area contributed by atoms with Crippen molar-refractivity contribution in [2.45, 2.75) is 71.5 Å². The molecule has 0 aromatic carbocycles. The van der Waals surface area contributed by atoms with Crippen LogP contribution in [0.5, 0.6) is 0 Å². The lowest BCUT2D eigenvalue weighted by Gasteiger charge is -2.18. The average Bonchev–Trinajstić information content (AvgIpc) is 2.67. The molecule has 0 fully saturated rings. The molecule has 1 N–H and O–H groups in total. The summed E-state index contributed by atoms with van der Waals surface area (Å²) in [4.78, 5) is 21.8. The van der Waals surface area contributed by atoms with Crippen molar-refractivity contribution < 1.29 is 38.4 Å². The first-order valence-electron chi connectivity index (χ1n) is 10.4. The first-order valence-corrected chi connectivity index (χ1v) is 10.4. The lowest BCUT2D eigenvalue weighted by Crippen LogP contribution is -2.25. The molecule has 0 saturated carbocycles. The molecule has 0 aromatic rings. The molecule has 0 heterocycles. The van der Waals surface area contributed by atoms with Gasteiger partial charge in [0.1, 0.15) is 6.61 Å². The van der Waals surface area contributed by atoms with E-state index < -0.39 is 5.97 Å². The van der Waals surface area contributed by atoms with Crippen LogP contribution in [-0.4, -0.2) is 69.6 Å². The van der Waals surface area contributed by atoms with Gasteiger partial charge in [0.2, 0.25) is 0 Å². The van der Waals surface area contributed by atoms with Gasteiger partial charge in [-0.2, -0.15) is 0 Å². The maximum atomic E-state index is 11.4. The smallest absolute Gasteiger partial charge is 0.305 e. The molecule has 0 amide bonds. The zero-order valence-corrected chi connectivity index (χ0v) is 17.5. The molecule has 0 aliphatic heterocycles. The number of ether oxygens (including phenoxy) is 5. The molecule has 0 aliphatic carbocycles. The summed E-state index contributed by atoms with van der Waals surface area (Å²) < 4.78 is 27.3. The van der Waals surface area contributed by atoms with E-state index in [0.29, 0.717) is 52.5 Å². The molecular weight excluding hydrogens is 368 g/mol. The minimum Gasteiger partial charge on any atom is -0.481 e. The maximum absolute atomic E-state index is 11.4. The number of rotatable bonds is 21. The third kappa shape index (κ3) is 19.5. The summed E-state index contributed by atoms with van der Waals surface area (Å²) in [6, 6.07) is 0. The van der Waals surface area contributed by atoms with Crippen LogP contribution in [-0.2, 0) is 33.3 Å². The molecule has 0 bridgehead atoms. The Morgan fingerprint density at radius 1 is 0.750 bits per heavy atom. The van der Waals surface area contributed by atoms with Gasteiger partial charge in [0, 0.05) is 26.1 Å². The third-order valence-corrected chi connectivity index (χ3v) is 3.74. The number of carboxylic acids is 1. The number of esters is 1. The Kier molecular flexibility index (Phi) is 19.6. The molecule has 8 nitrogen and oxygen atoms in total. The largest absolute Gasteiger partial charge is 0.481 e. The minimum atomic E-state index is -0.852. The summed E-state index contributed by atoms with van der Waals surface area (Å²) in [6.45, 7) is 7.20. The Morgan fingerprint density at radius 3 is 1.93 bits per heavy atom. The van der Waals surface area contributed by atoms with Crippen LogP contribution in [0.4, 0.5) is 0 Å². The monoisotopic (exact) mass is 406 g/mol. The Labute approximate surface area is 168 Å². The Bertz CT molecular complexity index is 365. The molecule has 8 heteroatoms. The lowest BCUT2D eigenvalue weighted by molar-refractivity contribution is -0.175. The average molecular weight is 407 g/mol. The Hall–Kier alpha value is -1.22. The predicted molar refractivity (Wildman–Crippen MR) is 104 cm³/mol. The maximum Gasteiger partial charge on any atom is 0.305 e. The first-order chi connectivity index (χ1) is 13.6. The highest BCUT2D eigenvalue weighted by molar-refractivity contribution is 5.69. The van der Waals surface area contributed by atoms with Gasteiger partial charge in [0.25, 0.3) is 0 Å². The second kappa shape index (κ2) is 20.5. The van der Waals surface area contributed by atoms with Crippen LogP contribution < -0.4 is 0 Å². The van der Waals surface area contributed by atoms with E-state index in [4.69, 9.17) is 28.8 Å². The van der Waals surface area contributed by atoms with Crippen LogP contribution >= 0.6 is 0 Å². The van der Waals surface area contributed by atoms with Crippen LogP contribution in [0.25, 0.3) is 0 Å². The molecule has 0 spiro atoms. The zero-order valence-electron chi connectivity index (χ0n) is 17.5. The van der Waals surface area contributed by atoms with Crippen LogP contribution in [0, 0.1) is 0 Å². The van der Waals surface area contributed by atoms with Gasteiger partial charge in [-0.1, -0.05) is 26.7 Å². The van der Waals surface area contributed by atoms with Crippen molar-refractivity contribution in [1.82, 2.24) is 0 Å². The Morgan fingerprint density at radius 2 is 1.32 bits per heavy atom. The zero-order chi connectivity index (χ0) is 20.9. The van der Waals surface area contributed by atoms with E-state index in [9.17, 15) is 9.59 Å². The van der Waals surface area contributed by atoms with Crippen LogP contribution in [0.1, 0.15) is 65.2 Å². The molecule has 0 atom stereocenters. The number of carboxylic acid groups (broad SMARTS) is 1. The highest BCUT2D eigenvalue weighted by atomic mass is 16.7. The number of aliphatic carboxylic acids is 1. The van der Waals surface area contributed by atoms with Crippen molar-refractivity contribution in [2.75, 3.05) is 46.2 Å². The normalized spacial score (nSPS) is 11.1. The first kappa shape index (κ1) is 26.8. The van der Waals surface area contributed by atoms with Gasteiger partial charge in [-0.3, -0.25) is 9.59 Å². The van der Waals surface area contributed by atoms with Crippen LogP contribution in [0.2, 0.25) is 0 Å². The van der Waals surface area contributed by atoms with E-state index in [1.165, 1.54) is 0 Å². The number of hydrogen-bond donors (Lipinski definition) is 1. The highest BCUT2D eigenvalue weighted by Gasteiger charge is 2.09. The van der Waals surface area contributed by atoms with Gasteiger partial charge >= 0.3 is 11.9 Å². The summed E-state index contributed by atoms with van der Waals surface area (Å²) in [5, 5.41) is 8.51. The van der Waals surface area contributed by atoms with E-state index in [1.807, 2.05) is 0 Å². The van der Waals surface area contributed by atoms with E-state index in [2.05, 4.69) is 13.8 Å². The van der Waals surface area contributed by atoms with Crippen molar-refractivity contribution in [3.05, 3.63) is 0 Å². The van der Waals surface area contributed by atoms with E-state index in [-0.39, 0.29) is 31.7 Å². The van der Waals surface area contributed by atoms with Gasteiger partial charge in [0.05, 0.1) is 26.4 Å². The Balaban J connectivity index is 3.57. The quantitative estimate of drug-likeness (QED) is 0.176. The molecule has 0 aromatic heterocycles. The number of carbonyl (C=O) groups excluding carboxylic acids is 1. The molecule has 0 rings (SSSR count). The number of hydrogen-bond acceptors (Lipinski definition) is 7. The van der Waals surface area contributed by atoms with E-state index >= 15 is 0 Å². The minimum absolute atomic E-state index is 0.0739. The van der Waals surface area contributed by atoms with Gasteiger partial charge < -0.3 is 28.8 Å². The summed E-state index contributed by atoms with van der Waals surface area (Å²) in [6.07, 6.45) is 5.08. The van der Waals surface area contributed by atoms with Gasteiger partial charge in [-0.15, -0.1) is 0 Å². The summed E-state index contributed by atoms with van der Waals surface area (Å²) >= 11 is 0. The summed E-state index contributed by atoms with van der Waals surface area (Å²) in [5.74, 6) is -1.18. The predicted octanol–water partition coefficient (Wildman–Crippen LogP) is 3.17. The van der Waals surface area contributed by atoms with Crippen molar-refractivity contribution >= 4 is 11.9 Å². The fourth-order valence-electron chi connectivity index (χ4n) is 2.09. The molecule has 0 aliphatic rings. The van der Waals surface area contributed by atoms with Crippen LogP contribution in [0.3, 0.4) is 0 Å². The van der Waals surface area contributed by atoms with Crippen molar-refractivity contribution in [1.29, 1.82) is 0 Å². The topological polar surface area (TPSA) is 101 Å². The number of carbonyl (C=O) groups is 2. The second-order valence-corrected chi connectivity index (χ2v) is 6.39. The highest BCUT2D eigenvalue weighted by Crippen LogP contribution is 2.02. The van der Waals surface area contributed by atoms with E-state index in [1.54, 1.807) is 0 Å². The molecule has 0 unspecified atom stereocenters. The SMILES string of the molecule is CCCCOC(COCCOCCOC(=O)CCCCC(=O)O)OCCCC. The van der Waals surface area contributed by atoms with Gasteiger partial charge in [0.15, 0.2) is 6.29 Å². The summed E-state index contributed by atoms with van der Waals surface area (Å²) in [7, 11) is 0. The van der Waals surface area contributed by atoms with Crippen LogP contribution in [0.15, 0.2) is 0 Å². The standard InChI is InChI=1S/C20H38O8/c1-3-5-11-27-20(28-12-6-4-2)17-25-14-13-24-15-16-26-19(23)10-8-7-9-18(21)22/h20H,3-17H2,1-2H3,(H,21,22). The third-order valence-electron chi connectivity index (χ3n) is 3.74. The molecule has 0 saturated heterocycles. The molecular formula is C20H38O8. The molecule has 166 valence electrons. The van der Waals surface area contributed by atoms with Gasteiger partial charge in [-0.25, -0.2) is 0 Å². The van der Waals surface area contributed by atoms with Crippen molar-refractivity contribution in [3.8, 4) is 0 Å². The van der Waals surface area contributed by atoms with E-state index in [0.717, 1.165) is 25.7 Å².